The number of ether oxygens (including phenoxy) is 2. The van der Waals surface area contributed by atoms with Gasteiger partial charge in [-0.05, 0) is 45.4 Å². The lowest BCUT2D eigenvalue weighted by atomic mass is 10.1. The van der Waals surface area contributed by atoms with Gasteiger partial charge in [-0.1, -0.05) is 60.4 Å². The minimum Gasteiger partial charge on any atom is -0.464 e. The number of esters is 1. The second-order valence-electron chi connectivity index (χ2n) is 7.71. The maximum Gasteiger partial charge on any atom is 0.408 e. The standard InChI is InChI=1S/C25H29NO4S/c1-5-29-23(27)21(26-24(28)30-25(2,3)4)18-31-22(20-14-10-7-11-15-20)17-16-19-12-8-6-9-13-19/h6-15,21-22H,5,18H2,1-4H3,(H,26,28)/t21-,22?/m0/s1. The molecule has 0 spiro atoms. The first kappa shape index (κ1) is 24.4. The highest BCUT2D eigenvalue weighted by molar-refractivity contribution is 7.99. The van der Waals surface area contributed by atoms with Gasteiger partial charge in [-0.2, -0.15) is 0 Å². The third-order valence-electron chi connectivity index (χ3n) is 3.92. The van der Waals surface area contributed by atoms with Crippen LogP contribution in [0.4, 0.5) is 4.79 Å². The molecule has 164 valence electrons. The van der Waals surface area contributed by atoms with Crippen molar-refractivity contribution in [2.75, 3.05) is 12.4 Å². The Kier molecular flexibility index (Phi) is 9.48. The Morgan fingerprint density at radius 3 is 2.23 bits per heavy atom. The summed E-state index contributed by atoms with van der Waals surface area (Å²) in [6.45, 7) is 7.27. The first-order chi connectivity index (χ1) is 14.8. The van der Waals surface area contributed by atoms with Crippen molar-refractivity contribution in [2.45, 2.75) is 44.6 Å². The van der Waals surface area contributed by atoms with E-state index in [4.69, 9.17) is 9.47 Å². The lowest BCUT2D eigenvalue weighted by Crippen LogP contribution is -2.45. The summed E-state index contributed by atoms with van der Waals surface area (Å²) in [7, 11) is 0. The van der Waals surface area contributed by atoms with Crippen LogP contribution in [0.2, 0.25) is 0 Å². The number of carbonyl (C=O) groups excluding carboxylic acids is 2. The second-order valence-corrected chi connectivity index (χ2v) is 8.85. The number of nitrogens with one attached hydrogen (secondary N) is 1. The van der Waals surface area contributed by atoms with Crippen molar-refractivity contribution in [1.82, 2.24) is 5.32 Å². The summed E-state index contributed by atoms with van der Waals surface area (Å²) >= 11 is 1.47. The molecule has 0 aliphatic carbocycles. The molecule has 1 unspecified atom stereocenters. The van der Waals surface area contributed by atoms with E-state index in [1.807, 2.05) is 60.7 Å². The summed E-state index contributed by atoms with van der Waals surface area (Å²) in [6, 6.07) is 18.7. The Bertz CT molecular complexity index is 898. The third kappa shape index (κ3) is 9.18. The topological polar surface area (TPSA) is 64.6 Å². The van der Waals surface area contributed by atoms with Gasteiger partial charge < -0.3 is 14.8 Å². The van der Waals surface area contributed by atoms with E-state index in [1.165, 1.54) is 11.8 Å². The molecule has 0 aromatic heterocycles. The quantitative estimate of drug-likeness (QED) is 0.487. The highest BCUT2D eigenvalue weighted by atomic mass is 32.2. The molecule has 0 saturated heterocycles. The van der Waals surface area contributed by atoms with E-state index in [-0.39, 0.29) is 11.9 Å². The number of hydrogen-bond acceptors (Lipinski definition) is 5. The molecule has 5 nitrogen and oxygen atoms in total. The van der Waals surface area contributed by atoms with E-state index in [2.05, 4.69) is 17.2 Å². The van der Waals surface area contributed by atoms with Gasteiger partial charge in [-0.3, -0.25) is 0 Å². The van der Waals surface area contributed by atoms with Crippen molar-refractivity contribution in [3.05, 3.63) is 71.8 Å². The first-order valence-electron chi connectivity index (χ1n) is 10.2. The molecule has 2 atom stereocenters. The number of thioether (sulfide) groups is 1. The monoisotopic (exact) mass is 439 g/mol. The number of hydrogen-bond donors (Lipinski definition) is 1. The number of alkyl carbamates (subject to hydrolysis) is 1. The number of amides is 1. The lowest BCUT2D eigenvalue weighted by molar-refractivity contribution is -0.145. The Morgan fingerprint density at radius 1 is 1.03 bits per heavy atom. The molecule has 0 bridgehead atoms. The SMILES string of the molecule is CCOC(=O)[C@H](CSC(C#Cc1ccccc1)c1ccccc1)NC(=O)OC(C)(C)C. The van der Waals surface area contributed by atoms with Crippen molar-refractivity contribution < 1.29 is 19.1 Å². The van der Waals surface area contributed by atoms with Crippen LogP contribution in [0.3, 0.4) is 0 Å². The van der Waals surface area contributed by atoms with Gasteiger partial charge >= 0.3 is 12.1 Å². The molecule has 31 heavy (non-hydrogen) atoms. The van der Waals surface area contributed by atoms with Crippen molar-refractivity contribution >= 4 is 23.8 Å². The third-order valence-corrected chi connectivity index (χ3v) is 5.16. The normalized spacial score (nSPS) is 12.6. The summed E-state index contributed by atoms with van der Waals surface area (Å²) in [5, 5.41) is 2.45. The van der Waals surface area contributed by atoms with Gasteiger partial charge in [0.25, 0.3) is 0 Å². The van der Waals surface area contributed by atoms with Crippen LogP contribution in [0.5, 0.6) is 0 Å². The number of carbonyl (C=O) groups is 2. The fourth-order valence-electron chi connectivity index (χ4n) is 2.57. The van der Waals surface area contributed by atoms with Crippen LogP contribution in [-0.2, 0) is 14.3 Å². The molecule has 2 rings (SSSR count). The van der Waals surface area contributed by atoms with Crippen molar-refractivity contribution in [3.8, 4) is 11.8 Å². The summed E-state index contributed by atoms with van der Waals surface area (Å²) in [6.07, 6.45) is -0.655. The zero-order valence-electron chi connectivity index (χ0n) is 18.4. The molecule has 0 fully saturated rings. The molecule has 0 heterocycles. The molecule has 1 amide bonds. The smallest absolute Gasteiger partial charge is 0.408 e. The van der Waals surface area contributed by atoms with Crippen molar-refractivity contribution in [2.24, 2.45) is 0 Å². The van der Waals surface area contributed by atoms with Crippen LogP contribution in [0.25, 0.3) is 0 Å². The zero-order chi connectivity index (χ0) is 22.7. The average Bonchev–Trinajstić information content (AvgIpc) is 2.73. The highest BCUT2D eigenvalue weighted by Crippen LogP contribution is 2.29. The van der Waals surface area contributed by atoms with Gasteiger partial charge in [0.1, 0.15) is 11.6 Å². The molecule has 0 radical (unpaired) electrons. The maximum absolute atomic E-state index is 12.4. The fraction of sp³-hybridized carbons (Fsp3) is 0.360. The summed E-state index contributed by atoms with van der Waals surface area (Å²) in [5.74, 6) is 6.28. The van der Waals surface area contributed by atoms with Gasteiger partial charge in [-0.15, -0.1) is 11.8 Å². The van der Waals surface area contributed by atoms with Gasteiger partial charge in [0, 0.05) is 11.3 Å². The number of benzene rings is 2. The Balaban J connectivity index is 2.17. The van der Waals surface area contributed by atoms with Crippen LogP contribution in [0.1, 0.15) is 44.1 Å². The Morgan fingerprint density at radius 2 is 1.65 bits per heavy atom. The van der Waals surface area contributed by atoms with Crippen LogP contribution in [-0.4, -0.2) is 36.1 Å². The largest absolute Gasteiger partial charge is 0.464 e. The van der Waals surface area contributed by atoms with Crippen molar-refractivity contribution in [1.29, 1.82) is 0 Å². The van der Waals surface area contributed by atoms with Gasteiger partial charge in [0.15, 0.2) is 0 Å². The lowest BCUT2D eigenvalue weighted by Gasteiger charge is -2.23. The van der Waals surface area contributed by atoms with Gasteiger partial charge in [-0.25, -0.2) is 9.59 Å². The highest BCUT2D eigenvalue weighted by Gasteiger charge is 2.26. The van der Waals surface area contributed by atoms with E-state index in [1.54, 1.807) is 27.7 Å². The van der Waals surface area contributed by atoms with E-state index in [0.29, 0.717) is 5.75 Å². The molecule has 0 saturated carbocycles. The van der Waals surface area contributed by atoms with Crippen LogP contribution < -0.4 is 5.32 Å². The molecule has 2 aromatic carbocycles. The van der Waals surface area contributed by atoms with E-state index >= 15 is 0 Å². The number of rotatable bonds is 7. The Labute approximate surface area is 188 Å². The Hall–Kier alpha value is -2.91. The van der Waals surface area contributed by atoms with Crippen LogP contribution >= 0.6 is 11.8 Å². The second kappa shape index (κ2) is 12.1. The maximum atomic E-state index is 12.4. The van der Waals surface area contributed by atoms with Gasteiger partial charge in [0.05, 0.1) is 11.9 Å². The predicted octanol–water partition coefficient (Wildman–Crippen LogP) is 4.97. The van der Waals surface area contributed by atoms with Gasteiger partial charge in [0.2, 0.25) is 0 Å². The minimum atomic E-state index is -0.843. The van der Waals surface area contributed by atoms with Crippen LogP contribution in [0, 0.1) is 11.8 Å². The zero-order valence-corrected chi connectivity index (χ0v) is 19.2. The molecule has 0 aliphatic heterocycles. The molecular weight excluding hydrogens is 410 g/mol. The minimum absolute atomic E-state index is 0.182. The molecule has 6 heteroatoms. The van der Waals surface area contributed by atoms with E-state index in [9.17, 15) is 9.59 Å². The molecule has 2 aromatic rings. The summed E-state index contributed by atoms with van der Waals surface area (Å²) in [5.41, 5.74) is 1.28. The van der Waals surface area contributed by atoms with Crippen LogP contribution in [0.15, 0.2) is 60.7 Å². The molecular formula is C25H29NO4S. The summed E-state index contributed by atoms with van der Waals surface area (Å²) in [4.78, 5) is 24.7. The summed E-state index contributed by atoms with van der Waals surface area (Å²) < 4.78 is 10.4. The first-order valence-corrected chi connectivity index (χ1v) is 11.2. The fourth-order valence-corrected chi connectivity index (χ4v) is 3.67. The van der Waals surface area contributed by atoms with E-state index < -0.39 is 23.7 Å². The average molecular weight is 440 g/mol. The van der Waals surface area contributed by atoms with Crippen molar-refractivity contribution in [3.63, 3.8) is 0 Å². The predicted molar refractivity (Wildman–Crippen MR) is 125 cm³/mol. The van der Waals surface area contributed by atoms with E-state index in [0.717, 1.165) is 11.1 Å². The molecule has 0 aliphatic rings. The molecule has 1 N–H and O–H groups in total.